The molecule has 45 heavy (non-hydrogen) atoms. The molecule has 0 bridgehead atoms. The first kappa shape index (κ1) is 31.0. The van der Waals surface area contributed by atoms with Crippen molar-refractivity contribution in [2.45, 2.75) is 64.0 Å². The smallest absolute Gasteiger partial charge is 0.264 e. The number of para-hydroxylation sites is 1. The van der Waals surface area contributed by atoms with Crippen LogP contribution in [0.1, 0.15) is 50.3 Å². The van der Waals surface area contributed by atoms with Crippen LogP contribution in [0.5, 0.6) is 0 Å². The molecule has 3 aliphatic rings. The number of hydrogen-bond acceptors (Lipinski definition) is 6. The Bertz CT molecular complexity index is 1570. The van der Waals surface area contributed by atoms with Gasteiger partial charge in [0.05, 0.1) is 37.0 Å². The SMILES string of the molecule is C[C@@H]1[C@@H](C(C)(C)O)[C@H](CC(=O)N(CCO)Cc2ccccc2)O[C@@]12C(=O)N(Cc1ccc(N3CCC3=O)cc1)c1ccccc12. The lowest BCUT2D eigenvalue weighted by molar-refractivity contribution is -0.150. The van der Waals surface area contributed by atoms with Gasteiger partial charge in [0.1, 0.15) is 0 Å². The summed E-state index contributed by atoms with van der Waals surface area (Å²) in [6.45, 7) is 6.67. The van der Waals surface area contributed by atoms with Crippen LogP contribution in [-0.2, 0) is 37.8 Å². The first-order chi connectivity index (χ1) is 21.5. The number of carbonyl (C=O) groups is 3. The van der Waals surface area contributed by atoms with Crippen molar-refractivity contribution >= 4 is 29.1 Å². The number of aliphatic hydroxyl groups excluding tert-OH is 1. The van der Waals surface area contributed by atoms with E-state index < -0.39 is 29.1 Å². The number of hydrogen-bond donors (Lipinski definition) is 2. The van der Waals surface area contributed by atoms with E-state index in [0.717, 1.165) is 28.1 Å². The Morgan fingerprint density at radius 1 is 1.00 bits per heavy atom. The molecule has 0 aliphatic carbocycles. The van der Waals surface area contributed by atoms with Gasteiger partial charge < -0.3 is 29.6 Å². The maximum absolute atomic E-state index is 14.6. The molecule has 3 heterocycles. The average Bonchev–Trinajstić information content (AvgIpc) is 3.44. The molecular weight excluding hydrogens is 570 g/mol. The second-order valence-corrected chi connectivity index (χ2v) is 13.0. The highest BCUT2D eigenvalue weighted by Gasteiger charge is 2.66. The zero-order valence-corrected chi connectivity index (χ0v) is 26.1. The number of β-lactam (4-membered cyclic amide) rings is 1. The number of fused-ring (bicyclic) bond motifs is 2. The molecule has 9 nitrogen and oxygen atoms in total. The summed E-state index contributed by atoms with van der Waals surface area (Å²) in [5, 5.41) is 21.2. The monoisotopic (exact) mass is 611 g/mol. The number of ether oxygens (including phenoxy) is 1. The van der Waals surface area contributed by atoms with Crippen LogP contribution in [-0.4, -0.2) is 64.2 Å². The van der Waals surface area contributed by atoms with Crippen LogP contribution in [0.4, 0.5) is 11.4 Å². The van der Waals surface area contributed by atoms with Crippen LogP contribution >= 0.6 is 0 Å². The molecule has 2 N–H and O–H groups in total. The summed E-state index contributed by atoms with van der Waals surface area (Å²) < 4.78 is 6.80. The lowest BCUT2D eigenvalue weighted by Gasteiger charge is -2.34. The number of aliphatic hydroxyl groups is 2. The van der Waals surface area contributed by atoms with E-state index in [2.05, 4.69) is 0 Å². The summed E-state index contributed by atoms with van der Waals surface area (Å²) >= 11 is 0. The van der Waals surface area contributed by atoms with Crippen molar-refractivity contribution in [3.8, 4) is 0 Å². The second-order valence-electron chi connectivity index (χ2n) is 13.0. The molecule has 3 aromatic rings. The van der Waals surface area contributed by atoms with Crippen molar-refractivity contribution in [3.05, 3.63) is 95.6 Å². The van der Waals surface area contributed by atoms with Crippen molar-refractivity contribution < 1.29 is 29.3 Å². The number of amides is 3. The zero-order chi connectivity index (χ0) is 31.9. The summed E-state index contributed by atoms with van der Waals surface area (Å²) in [6.07, 6.45) is -0.222. The third-order valence-corrected chi connectivity index (χ3v) is 9.65. The van der Waals surface area contributed by atoms with E-state index in [-0.39, 0.29) is 37.3 Å². The number of benzene rings is 3. The predicted molar refractivity (Wildman–Crippen MR) is 170 cm³/mol. The maximum atomic E-state index is 14.6. The molecule has 3 amide bonds. The molecule has 1 spiro atoms. The molecule has 0 saturated carbocycles. The standard InChI is InChI=1S/C36H41N3O6/c1-24-33(35(2,3)44)30(21-32(42)37(19-20-40)22-25-9-5-4-6-10-25)45-36(24)28-11-7-8-12-29(28)39(34(36)43)23-26-13-15-27(16-14-26)38-18-17-31(38)41/h4-16,24,30,33,40,44H,17-23H2,1-3H3/t24-,30+,33-,36+/m1/s1. The second kappa shape index (κ2) is 12.0. The van der Waals surface area contributed by atoms with Crippen molar-refractivity contribution in [2.24, 2.45) is 11.8 Å². The predicted octanol–water partition coefficient (Wildman–Crippen LogP) is 4.00. The quantitative estimate of drug-likeness (QED) is 0.336. The van der Waals surface area contributed by atoms with E-state index in [1.54, 1.807) is 28.5 Å². The Labute approximate surface area is 264 Å². The highest BCUT2D eigenvalue weighted by molar-refractivity contribution is 6.07. The largest absolute Gasteiger partial charge is 0.395 e. The van der Waals surface area contributed by atoms with E-state index >= 15 is 0 Å². The van der Waals surface area contributed by atoms with Gasteiger partial charge in [-0.1, -0.05) is 67.6 Å². The van der Waals surface area contributed by atoms with Crippen molar-refractivity contribution in [3.63, 3.8) is 0 Å². The molecule has 3 aliphatic heterocycles. The minimum atomic E-state index is -1.38. The van der Waals surface area contributed by atoms with Gasteiger partial charge in [-0.3, -0.25) is 14.4 Å². The van der Waals surface area contributed by atoms with Gasteiger partial charge in [0.25, 0.3) is 5.91 Å². The fraction of sp³-hybridized carbons (Fsp3) is 0.417. The lowest BCUT2D eigenvalue weighted by Crippen LogP contribution is -2.46. The molecular formula is C36H41N3O6. The Hall–Kier alpha value is -4.05. The zero-order valence-electron chi connectivity index (χ0n) is 26.1. The number of carbonyl (C=O) groups excluding carboxylic acids is 3. The molecule has 2 saturated heterocycles. The van der Waals surface area contributed by atoms with Gasteiger partial charge in [-0.15, -0.1) is 0 Å². The van der Waals surface area contributed by atoms with Crippen molar-refractivity contribution in [2.75, 3.05) is 29.5 Å². The Balaban J connectivity index is 1.29. The third kappa shape index (κ3) is 5.54. The van der Waals surface area contributed by atoms with Gasteiger partial charge in [-0.05, 0) is 43.2 Å². The summed E-state index contributed by atoms with van der Waals surface area (Å²) in [7, 11) is 0. The van der Waals surface area contributed by atoms with Gasteiger partial charge in [0.15, 0.2) is 5.60 Å². The van der Waals surface area contributed by atoms with Crippen molar-refractivity contribution in [1.82, 2.24) is 4.90 Å². The molecule has 0 unspecified atom stereocenters. The van der Waals surface area contributed by atoms with E-state index in [4.69, 9.17) is 4.74 Å². The van der Waals surface area contributed by atoms with Crippen LogP contribution in [0.3, 0.4) is 0 Å². The topological polar surface area (TPSA) is 111 Å². The number of rotatable bonds is 10. The number of anilines is 2. The van der Waals surface area contributed by atoms with Crippen LogP contribution < -0.4 is 9.80 Å². The molecule has 236 valence electrons. The normalized spacial score (nSPS) is 24.2. The van der Waals surface area contributed by atoms with Gasteiger partial charge in [0, 0.05) is 49.1 Å². The van der Waals surface area contributed by atoms with Crippen LogP contribution in [0.15, 0.2) is 78.9 Å². The molecule has 0 aromatic heterocycles. The summed E-state index contributed by atoms with van der Waals surface area (Å²) in [4.78, 5) is 45.3. The van der Waals surface area contributed by atoms with Gasteiger partial charge in [-0.25, -0.2) is 0 Å². The highest BCUT2D eigenvalue weighted by atomic mass is 16.5. The molecule has 4 atom stereocenters. The van der Waals surface area contributed by atoms with Gasteiger partial charge in [0.2, 0.25) is 11.8 Å². The first-order valence-corrected chi connectivity index (χ1v) is 15.7. The summed E-state index contributed by atoms with van der Waals surface area (Å²) in [6, 6.07) is 24.9. The number of nitrogens with zero attached hydrogens (tertiary/aromatic N) is 3. The minimum Gasteiger partial charge on any atom is -0.395 e. The fourth-order valence-electron chi connectivity index (χ4n) is 7.46. The molecule has 0 radical (unpaired) electrons. The van der Waals surface area contributed by atoms with E-state index in [1.165, 1.54) is 0 Å². The molecule has 2 fully saturated rings. The summed E-state index contributed by atoms with van der Waals surface area (Å²) in [5.74, 6) is -1.31. The Morgan fingerprint density at radius 2 is 1.69 bits per heavy atom. The first-order valence-electron chi connectivity index (χ1n) is 15.7. The van der Waals surface area contributed by atoms with Gasteiger partial charge in [-0.2, -0.15) is 0 Å². The van der Waals surface area contributed by atoms with Crippen LogP contribution in [0.2, 0.25) is 0 Å². The third-order valence-electron chi connectivity index (χ3n) is 9.65. The lowest BCUT2D eigenvalue weighted by atomic mass is 9.71. The molecule has 6 rings (SSSR count). The van der Waals surface area contributed by atoms with Crippen LogP contribution in [0.25, 0.3) is 0 Å². The average molecular weight is 612 g/mol. The maximum Gasteiger partial charge on any atom is 0.264 e. The highest BCUT2D eigenvalue weighted by Crippen LogP contribution is 2.58. The molecule has 9 heteroatoms. The summed E-state index contributed by atoms with van der Waals surface area (Å²) in [5.41, 5.74) is 1.53. The Kier molecular flexibility index (Phi) is 8.28. The van der Waals surface area contributed by atoms with E-state index in [9.17, 15) is 24.6 Å². The Morgan fingerprint density at radius 3 is 2.31 bits per heavy atom. The van der Waals surface area contributed by atoms with Crippen LogP contribution in [0, 0.1) is 11.8 Å². The minimum absolute atomic E-state index is 0.0420. The van der Waals surface area contributed by atoms with E-state index in [0.29, 0.717) is 26.1 Å². The van der Waals surface area contributed by atoms with E-state index in [1.807, 2.05) is 85.8 Å². The molecule has 3 aromatic carbocycles. The van der Waals surface area contributed by atoms with Gasteiger partial charge >= 0.3 is 0 Å². The fourth-order valence-corrected chi connectivity index (χ4v) is 7.46. The van der Waals surface area contributed by atoms with Crippen molar-refractivity contribution in [1.29, 1.82) is 0 Å².